The van der Waals surface area contributed by atoms with E-state index in [-0.39, 0.29) is 12.5 Å². The first-order chi connectivity index (χ1) is 13.3. The van der Waals surface area contributed by atoms with Gasteiger partial charge < -0.3 is 15.1 Å². The summed E-state index contributed by atoms with van der Waals surface area (Å²) < 4.78 is 16.9. The fourth-order valence-corrected chi connectivity index (χ4v) is 3.62. The number of hydrogen-bond acceptors (Lipinski definition) is 5. The van der Waals surface area contributed by atoms with E-state index in [0.29, 0.717) is 11.3 Å². The molecule has 1 aromatic carbocycles. The van der Waals surface area contributed by atoms with Gasteiger partial charge in [-0.1, -0.05) is 18.2 Å². The number of hydrogen-bond donors (Lipinski definition) is 3. The quantitative estimate of drug-likeness (QED) is 0.400. The first-order valence-electron chi connectivity index (χ1n) is 8.16. The molecular formula is C18H18N3O5PS. The van der Waals surface area contributed by atoms with Gasteiger partial charge in [-0.2, -0.15) is 5.10 Å². The van der Waals surface area contributed by atoms with Crippen LogP contribution in [-0.4, -0.2) is 25.5 Å². The third kappa shape index (κ3) is 5.48. The molecule has 8 nitrogen and oxygen atoms in total. The van der Waals surface area contributed by atoms with Crippen molar-refractivity contribution in [2.24, 2.45) is 7.05 Å². The highest BCUT2D eigenvalue weighted by Gasteiger charge is 2.13. The number of carbonyl (C=O) groups is 1. The lowest BCUT2D eigenvalue weighted by Gasteiger charge is -2.06. The molecular weight excluding hydrogens is 401 g/mol. The number of amides is 1. The van der Waals surface area contributed by atoms with Gasteiger partial charge in [-0.05, 0) is 35.2 Å². The molecule has 3 N–H and O–H groups in total. The number of aryl methyl sites for hydroxylation is 1. The smallest absolute Gasteiger partial charge is 0.323 e. The van der Waals surface area contributed by atoms with Gasteiger partial charge in [0.1, 0.15) is 0 Å². The van der Waals surface area contributed by atoms with Gasteiger partial charge in [0.05, 0.1) is 23.4 Å². The van der Waals surface area contributed by atoms with Crippen LogP contribution in [0.5, 0.6) is 0 Å². The Hall–Kier alpha value is -2.55. The van der Waals surface area contributed by atoms with Crippen molar-refractivity contribution in [2.75, 3.05) is 5.32 Å². The molecule has 3 aromatic rings. The molecule has 10 heteroatoms. The predicted molar refractivity (Wildman–Crippen MR) is 107 cm³/mol. The van der Waals surface area contributed by atoms with E-state index in [1.54, 1.807) is 52.6 Å². The van der Waals surface area contributed by atoms with Crippen molar-refractivity contribution in [1.82, 2.24) is 9.78 Å². The fraction of sp³-hybridized carbons (Fsp3) is 0.111. The van der Waals surface area contributed by atoms with Gasteiger partial charge in [-0.15, -0.1) is 11.3 Å². The summed E-state index contributed by atoms with van der Waals surface area (Å²) in [5, 5.41) is 8.96. The summed E-state index contributed by atoms with van der Waals surface area (Å²) in [6.07, 6.45) is 4.84. The van der Waals surface area contributed by atoms with E-state index in [9.17, 15) is 9.36 Å². The number of phosphoric ester groups is 1. The molecule has 2 aromatic heterocycles. The second-order valence-electron chi connectivity index (χ2n) is 5.83. The fourth-order valence-electron chi connectivity index (χ4n) is 2.48. The molecule has 3 rings (SSSR count). The number of phosphoric acid groups is 1. The average Bonchev–Trinajstić information content (AvgIpc) is 3.28. The molecule has 0 saturated heterocycles. The van der Waals surface area contributed by atoms with Crippen LogP contribution in [0.2, 0.25) is 0 Å². The van der Waals surface area contributed by atoms with E-state index in [1.165, 1.54) is 6.08 Å². The molecule has 146 valence electrons. The number of anilines is 1. The van der Waals surface area contributed by atoms with E-state index >= 15 is 0 Å². The van der Waals surface area contributed by atoms with Crippen LogP contribution in [0.15, 0.2) is 54.1 Å². The number of benzene rings is 1. The van der Waals surface area contributed by atoms with Crippen LogP contribution in [0.3, 0.4) is 0 Å². The minimum atomic E-state index is -4.51. The van der Waals surface area contributed by atoms with Crippen LogP contribution < -0.4 is 5.32 Å². The molecule has 0 aliphatic carbocycles. The van der Waals surface area contributed by atoms with Crippen molar-refractivity contribution < 1.29 is 23.7 Å². The van der Waals surface area contributed by atoms with E-state index in [1.807, 2.05) is 24.6 Å². The summed E-state index contributed by atoms with van der Waals surface area (Å²) in [5.41, 5.74) is 2.91. The third-order valence-electron chi connectivity index (χ3n) is 3.76. The van der Waals surface area contributed by atoms with Crippen LogP contribution in [0.1, 0.15) is 11.1 Å². The Morgan fingerprint density at radius 3 is 2.71 bits per heavy atom. The first kappa shape index (κ1) is 20.2. The van der Waals surface area contributed by atoms with Crippen LogP contribution >= 0.6 is 19.2 Å². The van der Waals surface area contributed by atoms with Crippen molar-refractivity contribution in [3.05, 3.63) is 65.2 Å². The summed E-state index contributed by atoms with van der Waals surface area (Å²) in [6, 6.07) is 10.4. The molecule has 0 radical (unpaired) electrons. The molecule has 0 aliphatic rings. The molecule has 0 saturated carbocycles. The Kier molecular flexibility index (Phi) is 6.23. The van der Waals surface area contributed by atoms with Crippen molar-refractivity contribution in [2.45, 2.75) is 6.61 Å². The van der Waals surface area contributed by atoms with Crippen molar-refractivity contribution in [3.8, 4) is 10.6 Å². The van der Waals surface area contributed by atoms with E-state index in [4.69, 9.17) is 9.79 Å². The van der Waals surface area contributed by atoms with E-state index in [2.05, 4.69) is 14.9 Å². The number of aromatic nitrogens is 2. The summed E-state index contributed by atoms with van der Waals surface area (Å²) in [7, 11) is -2.66. The highest BCUT2D eigenvalue weighted by atomic mass is 32.1. The van der Waals surface area contributed by atoms with Gasteiger partial charge in [0.15, 0.2) is 0 Å². The highest BCUT2D eigenvalue weighted by molar-refractivity contribution is 7.46. The number of nitrogens with zero attached hydrogens (tertiary/aromatic N) is 2. The SMILES string of the molecule is Cn1ncc(C=CC(=O)Nc2ccc(COP(=O)(O)O)cc2)c1-c1cccs1. The summed E-state index contributed by atoms with van der Waals surface area (Å²) in [4.78, 5) is 30.7. The zero-order valence-electron chi connectivity index (χ0n) is 14.8. The molecule has 0 spiro atoms. The zero-order valence-corrected chi connectivity index (χ0v) is 16.6. The molecule has 1 amide bonds. The Morgan fingerprint density at radius 1 is 1.32 bits per heavy atom. The number of carbonyl (C=O) groups excluding carboxylic acids is 1. The maximum atomic E-state index is 12.2. The normalized spacial score (nSPS) is 11.8. The molecule has 2 heterocycles. The van der Waals surface area contributed by atoms with Gasteiger partial charge >= 0.3 is 7.82 Å². The number of nitrogens with one attached hydrogen (secondary N) is 1. The maximum Gasteiger partial charge on any atom is 0.469 e. The standard InChI is InChI=1S/C18H18N3O5PS/c1-21-18(16-3-2-10-28-16)14(11-19-21)6-9-17(22)20-15-7-4-13(5-8-15)12-26-27(23,24)25/h2-11H,12H2,1H3,(H,20,22)(H2,23,24,25). The lowest BCUT2D eigenvalue weighted by Crippen LogP contribution is -2.07. The number of rotatable bonds is 7. The van der Waals surface area contributed by atoms with Crippen LogP contribution in [0.25, 0.3) is 16.6 Å². The minimum Gasteiger partial charge on any atom is -0.323 e. The third-order valence-corrected chi connectivity index (χ3v) is 5.10. The Labute approximate surface area is 165 Å². The van der Waals surface area contributed by atoms with Gasteiger partial charge in [0, 0.05) is 24.4 Å². The Balaban J connectivity index is 1.63. The first-order valence-corrected chi connectivity index (χ1v) is 10.6. The predicted octanol–water partition coefficient (Wildman–Crippen LogP) is 3.41. The van der Waals surface area contributed by atoms with Crippen molar-refractivity contribution in [1.29, 1.82) is 0 Å². The lowest BCUT2D eigenvalue weighted by molar-refractivity contribution is -0.111. The molecule has 0 aliphatic heterocycles. The van der Waals surface area contributed by atoms with Gasteiger partial charge in [0.2, 0.25) is 5.91 Å². The Morgan fingerprint density at radius 2 is 2.07 bits per heavy atom. The lowest BCUT2D eigenvalue weighted by atomic mass is 10.2. The summed E-state index contributed by atoms with van der Waals surface area (Å²) >= 11 is 1.60. The summed E-state index contributed by atoms with van der Waals surface area (Å²) in [6.45, 7) is -0.217. The monoisotopic (exact) mass is 419 g/mol. The van der Waals surface area contributed by atoms with E-state index in [0.717, 1.165) is 16.1 Å². The molecule has 0 unspecified atom stereocenters. The van der Waals surface area contributed by atoms with Crippen molar-refractivity contribution >= 4 is 36.8 Å². The average molecular weight is 419 g/mol. The van der Waals surface area contributed by atoms with Crippen molar-refractivity contribution in [3.63, 3.8) is 0 Å². The summed E-state index contributed by atoms with van der Waals surface area (Å²) in [5.74, 6) is -0.305. The Bertz CT molecular complexity index is 1020. The topological polar surface area (TPSA) is 114 Å². The minimum absolute atomic E-state index is 0.217. The second-order valence-corrected chi connectivity index (χ2v) is 8.02. The highest BCUT2D eigenvalue weighted by Crippen LogP contribution is 2.37. The van der Waals surface area contributed by atoms with Crippen LogP contribution in [0, 0.1) is 0 Å². The molecule has 28 heavy (non-hydrogen) atoms. The van der Waals surface area contributed by atoms with Crippen LogP contribution in [-0.2, 0) is 27.5 Å². The number of thiophene rings is 1. The van der Waals surface area contributed by atoms with Gasteiger partial charge in [-0.25, -0.2) is 4.57 Å². The van der Waals surface area contributed by atoms with Crippen LogP contribution in [0.4, 0.5) is 5.69 Å². The second kappa shape index (κ2) is 8.64. The van der Waals surface area contributed by atoms with Gasteiger partial charge in [-0.3, -0.25) is 14.0 Å². The van der Waals surface area contributed by atoms with Gasteiger partial charge in [0.25, 0.3) is 0 Å². The molecule has 0 atom stereocenters. The molecule has 0 fully saturated rings. The molecule has 0 bridgehead atoms. The van der Waals surface area contributed by atoms with E-state index < -0.39 is 7.82 Å². The largest absolute Gasteiger partial charge is 0.469 e. The zero-order chi connectivity index (χ0) is 20.1. The maximum absolute atomic E-state index is 12.2.